The van der Waals surface area contributed by atoms with Crippen LogP contribution in [0.1, 0.15) is 18.4 Å². The molecule has 4 rings (SSSR count). The molecule has 0 aromatic heterocycles. The second kappa shape index (κ2) is 13.6. The second-order valence-electron chi connectivity index (χ2n) is 9.11. The molecule has 10 nitrogen and oxygen atoms in total. The Hall–Kier alpha value is -3.86. The Balaban J connectivity index is 0.000000599. The highest BCUT2D eigenvalue weighted by molar-refractivity contribution is 6.27. The van der Waals surface area contributed by atoms with E-state index in [1.807, 2.05) is 28.0 Å². The van der Waals surface area contributed by atoms with Crippen molar-refractivity contribution >= 4 is 23.5 Å². The van der Waals surface area contributed by atoms with Gasteiger partial charge in [-0.1, -0.05) is 18.2 Å². The molecule has 2 aromatic carbocycles. The van der Waals surface area contributed by atoms with Crippen LogP contribution in [0.15, 0.2) is 42.5 Å². The maximum absolute atomic E-state index is 14.1. The Morgan fingerprint density at radius 3 is 2.03 bits per heavy atom. The molecule has 2 saturated heterocycles. The molecule has 2 fully saturated rings. The van der Waals surface area contributed by atoms with Gasteiger partial charge in [-0.05, 0) is 55.8 Å². The predicted octanol–water partition coefficient (Wildman–Crippen LogP) is 2.56. The molecule has 0 spiro atoms. The van der Waals surface area contributed by atoms with Gasteiger partial charge in [0.15, 0.2) is 11.5 Å². The first-order valence-corrected chi connectivity index (χ1v) is 12.4. The molecule has 0 aliphatic carbocycles. The number of benzene rings is 2. The third-order valence-electron chi connectivity index (χ3n) is 6.76. The normalized spacial score (nSPS) is 16.3. The zero-order chi connectivity index (χ0) is 27.7. The molecule has 2 aliphatic heterocycles. The van der Waals surface area contributed by atoms with Crippen LogP contribution in [0, 0.1) is 11.7 Å². The average molecular weight is 532 g/mol. The molecule has 38 heavy (non-hydrogen) atoms. The van der Waals surface area contributed by atoms with E-state index in [0.717, 1.165) is 44.0 Å². The maximum atomic E-state index is 14.1. The number of nitrogens with zero attached hydrogens (tertiary/aromatic N) is 3. The minimum atomic E-state index is -1.82. The molecule has 2 aliphatic rings. The Morgan fingerprint density at radius 2 is 1.47 bits per heavy atom. The van der Waals surface area contributed by atoms with E-state index in [4.69, 9.17) is 29.3 Å². The van der Waals surface area contributed by atoms with Gasteiger partial charge in [0, 0.05) is 38.6 Å². The highest BCUT2D eigenvalue weighted by Crippen LogP contribution is 2.29. The smallest absolute Gasteiger partial charge is 0.414 e. The van der Waals surface area contributed by atoms with Gasteiger partial charge in [0.2, 0.25) is 5.91 Å². The van der Waals surface area contributed by atoms with Crippen LogP contribution in [-0.4, -0.2) is 91.3 Å². The van der Waals surface area contributed by atoms with Crippen molar-refractivity contribution in [2.24, 2.45) is 5.92 Å². The summed E-state index contributed by atoms with van der Waals surface area (Å²) in [6.45, 7) is 5.29. The number of para-hydroxylation sites is 1. The standard InChI is InChI=1S/C25H32FN3O3.C2H2O4/c1-31-23-8-7-19(17-24(23)32-2)18-27-11-9-20(10-12-27)25(30)29-15-13-28(14-16-29)22-6-4-3-5-21(22)26;3-1(4)2(5)6/h3-8,17,20H,9-16,18H2,1-2H3;(H,3,4)(H,5,6). The Bertz CT molecular complexity index is 1100. The van der Waals surface area contributed by atoms with E-state index in [9.17, 15) is 9.18 Å². The van der Waals surface area contributed by atoms with E-state index in [2.05, 4.69) is 11.0 Å². The molecule has 11 heteroatoms. The third kappa shape index (κ3) is 7.58. The van der Waals surface area contributed by atoms with Crippen LogP contribution in [0.4, 0.5) is 10.1 Å². The minimum Gasteiger partial charge on any atom is -0.493 e. The number of aliphatic carboxylic acids is 2. The summed E-state index contributed by atoms with van der Waals surface area (Å²) >= 11 is 0. The number of methoxy groups -OCH3 is 2. The number of hydrogen-bond donors (Lipinski definition) is 2. The fraction of sp³-hybridized carbons (Fsp3) is 0.444. The molecule has 206 valence electrons. The number of halogens is 1. The van der Waals surface area contributed by atoms with Crippen molar-refractivity contribution in [3.05, 3.63) is 53.8 Å². The summed E-state index contributed by atoms with van der Waals surface area (Å²) in [6.07, 6.45) is 1.75. The zero-order valence-corrected chi connectivity index (χ0v) is 21.6. The fourth-order valence-corrected chi connectivity index (χ4v) is 4.71. The highest BCUT2D eigenvalue weighted by atomic mass is 19.1. The number of carbonyl (C=O) groups is 3. The van der Waals surface area contributed by atoms with E-state index in [0.29, 0.717) is 31.9 Å². The van der Waals surface area contributed by atoms with E-state index < -0.39 is 11.9 Å². The van der Waals surface area contributed by atoms with Crippen LogP contribution >= 0.6 is 0 Å². The average Bonchev–Trinajstić information content (AvgIpc) is 2.93. The molecular weight excluding hydrogens is 497 g/mol. The van der Waals surface area contributed by atoms with Gasteiger partial charge in [0.05, 0.1) is 19.9 Å². The first-order valence-electron chi connectivity index (χ1n) is 12.4. The molecule has 0 atom stereocenters. The molecule has 2 N–H and O–H groups in total. The second-order valence-corrected chi connectivity index (χ2v) is 9.11. The molecular formula is C27H34FN3O7. The van der Waals surface area contributed by atoms with Gasteiger partial charge >= 0.3 is 11.9 Å². The third-order valence-corrected chi connectivity index (χ3v) is 6.76. The lowest BCUT2D eigenvalue weighted by molar-refractivity contribution is -0.159. The number of piperazine rings is 1. The molecule has 0 saturated carbocycles. The van der Waals surface area contributed by atoms with E-state index in [1.54, 1.807) is 26.4 Å². The summed E-state index contributed by atoms with van der Waals surface area (Å²) in [5.74, 6) is -2.04. The summed E-state index contributed by atoms with van der Waals surface area (Å²) in [6, 6.07) is 12.9. The van der Waals surface area contributed by atoms with Crippen molar-refractivity contribution in [1.82, 2.24) is 9.80 Å². The summed E-state index contributed by atoms with van der Waals surface area (Å²) < 4.78 is 24.8. The van der Waals surface area contributed by atoms with Gasteiger partial charge < -0.3 is 29.5 Å². The molecule has 2 heterocycles. The highest BCUT2D eigenvalue weighted by Gasteiger charge is 2.31. The SMILES string of the molecule is COc1ccc(CN2CCC(C(=O)N3CCN(c4ccccc4F)CC3)CC2)cc1OC.O=C(O)C(=O)O. The van der Waals surface area contributed by atoms with Crippen LogP contribution in [-0.2, 0) is 20.9 Å². The summed E-state index contributed by atoms with van der Waals surface area (Å²) in [5.41, 5.74) is 1.81. The van der Waals surface area contributed by atoms with Crippen molar-refractivity contribution < 1.29 is 38.5 Å². The molecule has 1 amide bonds. The van der Waals surface area contributed by atoms with Crippen molar-refractivity contribution in [2.75, 3.05) is 58.4 Å². The lowest BCUT2D eigenvalue weighted by Gasteiger charge is -2.39. The number of ether oxygens (including phenoxy) is 2. The van der Waals surface area contributed by atoms with Gasteiger partial charge in [-0.3, -0.25) is 9.69 Å². The first kappa shape index (κ1) is 28.7. The van der Waals surface area contributed by atoms with Gasteiger partial charge in [-0.2, -0.15) is 0 Å². The van der Waals surface area contributed by atoms with Crippen LogP contribution in [0.2, 0.25) is 0 Å². The van der Waals surface area contributed by atoms with Crippen LogP contribution in [0.25, 0.3) is 0 Å². The molecule has 2 aromatic rings. The minimum absolute atomic E-state index is 0.0802. The number of amides is 1. The number of carboxylic acid groups (broad SMARTS) is 2. The number of rotatable bonds is 6. The quantitative estimate of drug-likeness (QED) is 0.542. The maximum Gasteiger partial charge on any atom is 0.414 e. The lowest BCUT2D eigenvalue weighted by Crippen LogP contribution is -2.51. The summed E-state index contributed by atoms with van der Waals surface area (Å²) in [7, 11) is 3.29. The van der Waals surface area contributed by atoms with Crippen molar-refractivity contribution in [2.45, 2.75) is 19.4 Å². The van der Waals surface area contributed by atoms with Crippen LogP contribution in [0.5, 0.6) is 11.5 Å². The van der Waals surface area contributed by atoms with Gasteiger partial charge in [0.25, 0.3) is 0 Å². The number of likely N-dealkylation sites (tertiary alicyclic amines) is 1. The first-order chi connectivity index (χ1) is 18.2. The topological polar surface area (TPSA) is 120 Å². The Kier molecular flexibility index (Phi) is 10.3. The van der Waals surface area contributed by atoms with Gasteiger partial charge in [-0.15, -0.1) is 0 Å². The Morgan fingerprint density at radius 1 is 0.868 bits per heavy atom. The predicted molar refractivity (Wildman–Crippen MR) is 138 cm³/mol. The Labute approximate surface area is 221 Å². The van der Waals surface area contributed by atoms with Crippen molar-refractivity contribution in [3.63, 3.8) is 0 Å². The van der Waals surface area contributed by atoms with Crippen LogP contribution < -0.4 is 14.4 Å². The molecule has 0 radical (unpaired) electrons. The largest absolute Gasteiger partial charge is 0.493 e. The zero-order valence-electron chi connectivity index (χ0n) is 21.6. The van der Waals surface area contributed by atoms with Crippen LogP contribution in [0.3, 0.4) is 0 Å². The summed E-state index contributed by atoms with van der Waals surface area (Å²) in [4.78, 5) is 37.7. The van der Waals surface area contributed by atoms with Gasteiger partial charge in [-0.25, -0.2) is 14.0 Å². The fourth-order valence-electron chi connectivity index (χ4n) is 4.71. The number of piperidine rings is 1. The lowest BCUT2D eigenvalue weighted by atomic mass is 9.94. The van der Waals surface area contributed by atoms with Gasteiger partial charge in [0.1, 0.15) is 5.82 Å². The number of carbonyl (C=O) groups excluding carboxylic acids is 1. The van der Waals surface area contributed by atoms with E-state index >= 15 is 0 Å². The molecule has 0 bridgehead atoms. The number of anilines is 1. The molecule has 0 unspecified atom stereocenters. The van der Waals surface area contributed by atoms with Crippen molar-refractivity contribution in [1.29, 1.82) is 0 Å². The van der Waals surface area contributed by atoms with Crippen molar-refractivity contribution in [3.8, 4) is 11.5 Å². The number of carboxylic acids is 2. The monoisotopic (exact) mass is 531 g/mol. The summed E-state index contributed by atoms with van der Waals surface area (Å²) in [5, 5.41) is 14.8. The number of hydrogen-bond acceptors (Lipinski definition) is 7. The van der Waals surface area contributed by atoms with E-state index in [1.165, 1.54) is 11.6 Å². The van der Waals surface area contributed by atoms with E-state index in [-0.39, 0.29) is 17.6 Å².